The Labute approximate surface area is 146 Å². The Morgan fingerprint density at radius 3 is 2.76 bits per heavy atom. The summed E-state index contributed by atoms with van der Waals surface area (Å²) in [7, 11) is 0. The van der Waals surface area contributed by atoms with Gasteiger partial charge in [0.25, 0.3) is 0 Å². The van der Waals surface area contributed by atoms with Crippen LogP contribution in [0.4, 0.5) is 4.79 Å². The van der Waals surface area contributed by atoms with Crippen molar-refractivity contribution in [1.29, 1.82) is 0 Å². The molecule has 5 nitrogen and oxygen atoms in total. The van der Waals surface area contributed by atoms with E-state index in [2.05, 4.69) is 16.2 Å². The number of hydrogen-bond acceptors (Lipinski definition) is 3. The quantitative estimate of drug-likeness (QED) is 0.784. The molecule has 1 aromatic carbocycles. The zero-order valence-corrected chi connectivity index (χ0v) is 14.0. The van der Waals surface area contributed by atoms with Crippen LogP contribution >= 0.6 is 0 Å². The minimum Gasteiger partial charge on any atom is -0.445 e. The fourth-order valence-electron chi connectivity index (χ4n) is 3.47. The number of nitrogens with zero attached hydrogens (tertiary/aromatic N) is 2. The average Bonchev–Trinajstić information content (AvgIpc) is 3.11. The monoisotopic (exact) mass is 335 g/mol. The van der Waals surface area contributed by atoms with Crippen molar-refractivity contribution in [2.24, 2.45) is 0 Å². The Balaban J connectivity index is 1.34. The van der Waals surface area contributed by atoms with E-state index >= 15 is 0 Å². The molecule has 1 amide bonds. The molecular formula is C20H21N3O2. The van der Waals surface area contributed by atoms with Gasteiger partial charge in [-0.05, 0) is 42.0 Å². The molecule has 1 saturated heterocycles. The molecule has 25 heavy (non-hydrogen) atoms. The summed E-state index contributed by atoms with van der Waals surface area (Å²) in [6.07, 6.45) is 5.54. The van der Waals surface area contributed by atoms with Gasteiger partial charge in [-0.3, -0.25) is 4.98 Å². The molecule has 1 fully saturated rings. The highest BCUT2D eigenvalue weighted by Crippen LogP contribution is 2.32. The van der Waals surface area contributed by atoms with E-state index in [1.165, 1.54) is 5.56 Å². The van der Waals surface area contributed by atoms with Crippen molar-refractivity contribution in [3.05, 3.63) is 66.0 Å². The number of carbonyl (C=O) groups is 1. The lowest BCUT2D eigenvalue weighted by Crippen LogP contribution is -2.38. The molecule has 1 N–H and O–H groups in total. The van der Waals surface area contributed by atoms with E-state index in [4.69, 9.17) is 4.74 Å². The number of nitrogens with one attached hydrogen (secondary N) is 1. The van der Waals surface area contributed by atoms with E-state index in [0.29, 0.717) is 12.5 Å². The van der Waals surface area contributed by atoms with Gasteiger partial charge in [0, 0.05) is 25.5 Å². The SMILES string of the molecule is O=C(OCc1ccccc1)N1CCC(c2c[nH]c3cccnc23)CC1. The Morgan fingerprint density at radius 1 is 1.16 bits per heavy atom. The van der Waals surface area contributed by atoms with Crippen molar-refractivity contribution in [1.82, 2.24) is 14.9 Å². The molecular weight excluding hydrogens is 314 g/mol. The maximum absolute atomic E-state index is 12.3. The van der Waals surface area contributed by atoms with Gasteiger partial charge in [0.1, 0.15) is 6.61 Å². The first-order valence-electron chi connectivity index (χ1n) is 8.69. The number of likely N-dealkylation sites (tertiary alicyclic amines) is 1. The first-order chi connectivity index (χ1) is 12.3. The molecule has 0 radical (unpaired) electrons. The van der Waals surface area contributed by atoms with Gasteiger partial charge in [0.2, 0.25) is 0 Å². The van der Waals surface area contributed by atoms with Crippen molar-refractivity contribution in [2.75, 3.05) is 13.1 Å². The van der Waals surface area contributed by atoms with Gasteiger partial charge in [0.05, 0.1) is 11.0 Å². The number of piperidine rings is 1. The van der Waals surface area contributed by atoms with E-state index in [-0.39, 0.29) is 6.09 Å². The zero-order valence-electron chi connectivity index (χ0n) is 14.0. The fraction of sp³-hybridized carbons (Fsp3) is 0.300. The second-order valence-corrected chi connectivity index (χ2v) is 6.45. The summed E-state index contributed by atoms with van der Waals surface area (Å²) in [6.45, 7) is 1.77. The number of H-pyrrole nitrogens is 1. The summed E-state index contributed by atoms with van der Waals surface area (Å²) in [5, 5.41) is 0. The number of fused-ring (bicyclic) bond motifs is 1. The summed E-state index contributed by atoms with van der Waals surface area (Å²) < 4.78 is 5.43. The van der Waals surface area contributed by atoms with Crippen LogP contribution in [0.15, 0.2) is 54.9 Å². The smallest absolute Gasteiger partial charge is 0.410 e. The third kappa shape index (κ3) is 3.36. The van der Waals surface area contributed by atoms with Gasteiger partial charge in [-0.2, -0.15) is 0 Å². The average molecular weight is 335 g/mol. The topological polar surface area (TPSA) is 58.2 Å². The van der Waals surface area contributed by atoms with Crippen LogP contribution in [0, 0.1) is 0 Å². The molecule has 5 heteroatoms. The molecule has 0 unspecified atom stereocenters. The number of carbonyl (C=O) groups excluding carboxylic acids is 1. The molecule has 0 atom stereocenters. The van der Waals surface area contributed by atoms with Crippen LogP contribution in [0.1, 0.15) is 29.9 Å². The lowest BCUT2D eigenvalue weighted by atomic mass is 9.90. The number of amides is 1. The number of aromatic nitrogens is 2. The number of hydrogen-bond donors (Lipinski definition) is 1. The van der Waals surface area contributed by atoms with E-state index in [1.54, 1.807) is 0 Å². The van der Waals surface area contributed by atoms with Crippen molar-refractivity contribution in [3.63, 3.8) is 0 Å². The van der Waals surface area contributed by atoms with Crippen LogP contribution in [0.25, 0.3) is 11.0 Å². The molecule has 0 bridgehead atoms. The largest absolute Gasteiger partial charge is 0.445 e. The third-order valence-corrected chi connectivity index (χ3v) is 4.86. The Hall–Kier alpha value is -2.82. The van der Waals surface area contributed by atoms with Gasteiger partial charge >= 0.3 is 6.09 Å². The van der Waals surface area contributed by atoms with E-state index < -0.39 is 0 Å². The Morgan fingerprint density at radius 2 is 1.96 bits per heavy atom. The highest BCUT2D eigenvalue weighted by Gasteiger charge is 2.26. The van der Waals surface area contributed by atoms with Gasteiger partial charge in [-0.25, -0.2) is 4.79 Å². The van der Waals surface area contributed by atoms with Gasteiger partial charge < -0.3 is 14.6 Å². The van der Waals surface area contributed by atoms with E-state index in [1.807, 2.05) is 53.6 Å². The predicted molar refractivity (Wildman–Crippen MR) is 96.3 cm³/mol. The number of rotatable bonds is 3. The summed E-state index contributed by atoms with van der Waals surface area (Å²) in [6, 6.07) is 13.8. The highest BCUT2D eigenvalue weighted by atomic mass is 16.6. The molecule has 3 heterocycles. The summed E-state index contributed by atoms with van der Waals surface area (Å²) >= 11 is 0. The number of pyridine rings is 1. The number of ether oxygens (including phenoxy) is 1. The Bertz CT molecular complexity index is 852. The van der Waals surface area contributed by atoms with E-state index in [0.717, 1.165) is 42.5 Å². The molecule has 4 rings (SSSR count). The standard InChI is InChI=1S/C20H21N3O2/c24-20(25-14-15-5-2-1-3-6-15)23-11-8-16(9-12-23)17-13-22-18-7-4-10-21-19(17)18/h1-7,10,13,16,22H,8-9,11-12,14H2. The minimum atomic E-state index is -0.223. The van der Waals surface area contributed by atoms with Crippen LogP contribution in [0.2, 0.25) is 0 Å². The molecule has 2 aromatic heterocycles. The van der Waals surface area contributed by atoms with Crippen LogP contribution < -0.4 is 0 Å². The van der Waals surface area contributed by atoms with Crippen LogP contribution in [0.5, 0.6) is 0 Å². The second-order valence-electron chi connectivity index (χ2n) is 6.45. The summed E-state index contributed by atoms with van der Waals surface area (Å²) in [5.41, 5.74) is 4.39. The zero-order chi connectivity index (χ0) is 17.1. The van der Waals surface area contributed by atoms with Gasteiger partial charge in [-0.15, -0.1) is 0 Å². The lowest BCUT2D eigenvalue weighted by Gasteiger charge is -2.31. The first kappa shape index (κ1) is 15.7. The fourth-order valence-corrected chi connectivity index (χ4v) is 3.47. The normalized spacial score (nSPS) is 15.4. The minimum absolute atomic E-state index is 0.223. The van der Waals surface area contributed by atoms with Gasteiger partial charge in [-0.1, -0.05) is 30.3 Å². The maximum Gasteiger partial charge on any atom is 0.410 e. The van der Waals surface area contributed by atoms with Crippen molar-refractivity contribution in [2.45, 2.75) is 25.4 Å². The van der Waals surface area contributed by atoms with Crippen LogP contribution in [0.3, 0.4) is 0 Å². The van der Waals surface area contributed by atoms with Crippen molar-refractivity contribution >= 4 is 17.1 Å². The molecule has 1 aliphatic rings. The van der Waals surface area contributed by atoms with Crippen molar-refractivity contribution in [3.8, 4) is 0 Å². The first-order valence-corrected chi connectivity index (χ1v) is 8.69. The Kier molecular flexibility index (Phi) is 4.37. The van der Waals surface area contributed by atoms with E-state index in [9.17, 15) is 4.79 Å². The second kappa shape index (κ2) is 6.97. The maximum atomic E-state index is 12.3. The van der Waals surface area contributed by atoms with Crippen molar-refractivity contribution < 1.29 is 9.53 Å². The number of benzene rings is 1. The molecule has 0 saturated carbocycles. The summed E-state index contributed by atoms with van der Waals surface area (Å²) in [5.74, 6) is 0.432. The molecule has 0 aliphatic carbocycles. The molecule has 1 aliphatic heterocycles. The summed E-state index contributed by atoms with van der Waals surface area (Å²) in [4.78, 5) is 21.9. The number of aromatic amines is 1. The molecule has 3 aromatic rings. The van der Waals surface area contributed by atoms with Crippen LogP contribution in [-0.2, 0) is 11.3 Å². The van der Waals surface area contributed by atoms with Gasteiger partial charge in [0.15, 0.2) is 0 Å². The third-order valence-electron chi connectivity index (χ3n) is 4.86. The highest BCUT2D eigenvalue weighted by molar-refractivity contribution is 5.79. The lowest BCUT2D eigenvalue weighted by molar-refractivity contribution is 0.0871. The molecule has 0 spiro atoms. The molecule has 128 valence electrons. The predicted octanol–water partition coefficient (Wildman–Crippen LogP) is 4.08. The van der Waals surface area contributed by atoms with Crippen LogP contribution in [-0.4, -0.2) is 34.1 Å².